The van der Waals surface area contributed by atoms with Crippen molar-refractivity contribution in [1.82, 2.24) is 9.58 Å². The van der Waals surface area contributed by atoms with E-state index in [1.54, 1.807) is 6.08 Å². The predicted octanol–water partition coefficient (Wildman–Crippen LogP) is 4.18. The summed E-state index contributed by atoms with van der Waals surface area (Å²) in [6.07, 6.45) is 2.51. The standard InChI is InChI=1S/C21H21N5OS/c1-4-18-24-26-19(22)17(20(27)23-21(26)28-18)11-16-10-13(2)25(14(16)3)12-15-8-6-5-7-9-15/h5-11,22H,4,12H2,1-3H3/b17-11-,22-19?. The van der Waals surface area contributed by atoms with Gasteiger partial charge in [-0.1, -0.05) is 37.3 Å². The van der Waals surface area contributed by atoms with Crippen molar-refractivity contribution in [3.05, 3.63) is 64.5 Å². The van der Waals surface area contributed by atoms with Crippen LogP contribution >= 0.6 is 11.8 Å². The number of aromatic nitrogens is 1. The highest BCUT2D eigenvalue weighted by molar-refractivity contribution is 8.26. The predicted molar refractivity (Wildman–Crippen MR) is 115 cm³/mol. The zero-order valence-corrected chi connectivity index (χ0v) is 16.9. The number of aryl methyl sites for hydroxylation is 1. The molecule has 3 heterocycles. The van der Waals surface area contributed by atoms with Crippen molar-refractivity contribution >= 4 is 39.8 Å². The maximum absolute atomic E-state index is 12.5. The van der Waals surface area contributed by atoms with E-state index in [1.165, 1.54) is 22.3 Å². The van der Waals surface area contributed by atoms with Crippen LogP contribution in [0.5, 0.6) is 0 Å². The number of carbonyl (C=O) groups is 1. The van der Waals surface area contributed by atoms with Gasteiger partial charge < -0.3 is 4.57 Å². The van der Waals surface area contributed by atoms with Crippen molar-refractivity contribution in [2.45, 2.75) is 33.7 Å². The Morgan fingerprint density at radius 1 is 1.21 bits per heavy atom. The van der Waals surface area contributed by atoms with Crippen molar-refractivity contribution in [2.75, 3.05) is 0 Å². The number of amidine groups is 2. The van der Waals surface area contributed by atoms with E-state index in [9.17, 15) is 4.79 Å². The molecule has 2 aliphatic heterocycles. The number of hydrogen-bond donors (Lipinski definition) is 1. The Morgan fingerprint density at radius 2 is 1.96 bits per heavy atom. The number of aliphatic imine (C=N–C) groups is 1. The minimum atomic E-state index is -0.385. The number of hydrogen-bond acceptors (Lipinski definition) is 4. The monoisotopic (exact) mass is 391 g/mol. The molecule has 2 aromatic rings. The van der Waals surface area contributed by atoms with E-state index < -0.39 is 0 Å². The summed E-state index contributed by atoms with van der Waals surface area (Å²) in [7, 11) is 0. The summed E-state index contributed by atoms with van der Waals surface area (Å²) in [5.41, 5.74) is 4.57. The Kier molecular flexibility index (Phi) is 4.77. The van der Waals surface area contributed by atoms with E-state index in [0.29, 0.717) is 5.17 Å². The highest BCUT2D eigenvalue weighted by Gasteiger charge is 2.35. The summed E-state index contributed by atoms with van der Waals surface area (Å²) in [6, 6.07) is 12.3. The fourth-order valence-electron chi connectivity index (χ4n) is 3.31. The van der Waals surface area contributed by atoms with E-state index in [0.717, 1.165) is 35.0 Å². The van der Waals surface area contributed by atoms with Gasteiger partial charge in [0.15, 0.2) is 5.84 Å². The lowest BCUT2D eigenvalue weighted by atomic mass is 10.1. The average molecular weight is 392 g/mol. The van der Waals surface area contributed by atoms with E-state index in [1.807, 2.05) is 38.1 Å². The third-order valence-corrected chi connectivity index (χ3v) is 5.95. The summed E-state index contributed by atoms with van der Waals surface area (Å²) < 4.78 is 2.21. The molecule has 0 bridgehead atoms. The van der Waals surface area contributed by atoms with Gasteiger partial charge in [-0.15, -0.1) is 0 Å². The Labute approximate surface area is 168 Å². The molecule has 1 aromatic carbocycles. The van der Waals surface area contributed by atoms with Gasteiger partial charge in [-0.05, 0) is 55.3 Å². The molecule has 1 N–H and O–H groups in total. The number of benzene rings is 1. The lowest BCUT2D eigenvalue weighted by Crippen LogP contribution is -2.35. The van der Waals surface area contributed by atoms with Crippen molar-refractivity contribution in [2.24, 2.45) is 10.1 Å². The first-order valence-electron chi connectivity index (χ1n) is 9.17. The normalized spacial score (nSPS) is 17.8. The van der Waals surface area contributed by atoms with Gasteiger partial charge in [-0.3, -0.25) is 10.2 Å². The maximum Gasteiger partial charge on any atom is 0.283 e. The first-order valence-corrected chi connectivity index (χ1v) is 9.99. The number of carbonyl (C=O) groups excluding carboxylic acids is 1. The Bertz CT molecular complexity index is 1060. The van der Waals surface area contributed by atoms with Crippen LogP contribution < -0.4 is 0 Å². The van der Waals surface area contributed by atoms with Crippen molar-refractivity contribution in [3.8, 4) is 0 Å². The SMILES string of the molecule is CCC1=NN2C(=N)/C(=C/c3cc(C)n(Cc4ccccc4)c3C)C(=O)N=C2S1. The molecule has 4 rings (SSSR count). The molecule has 0 atom stereocenters. The van der Waals surface area contributed by atoms with Gasteiger partial charge in [-0.2, -0.15) is 15.1 Å². The van der Waals surface area contributed by atoms with E-state index >= 15 is 0 Å². The molecular weight excluding hydrogens is 370 g/mol. The molecule has 0 spiro atoms. The number of nitrogens with zero attached hydrogens (tertiary/aromatic N) is 4. The van der Waals surface area contributed by atoms with Gasteiger partial charge in [0.2, 0.25) is 5.17 Å². The highest BCUT2D eigenvalue weighted by atomic mass is 32.2. The minimum absolute atomic E-state index is 0.0822. The molecule has 1 aromatic heterocycles. The quantitative estimate of drug-likeness (QED) is 0.795. The molecule has 28 heavy (non-hydrogen) atoms. The third kappa shape index (κ3) is 3.22. The molecule has 0 aliphatic carbocycles. The van der Waals surface area contributed by atoms with E-state index in [2.05, 4.69) is 33.7 Å². The number of fused-ring (bicyclic) bond motifs is 1. The summed E-state index contributed by atoms with van der Waals surface area (Å²) in [5, 5.41) is 15.6. The van der Waals surface area contributed by atoms with Gasteiger partial charge in [0.1, 0.15) is 5.04 Å². The van der Waals surface area contributed by atoms with Crippen molar-refractivity contribution in [3.63, 3.8) is 0 Å². The first-order chi connectivity index (χ1) is 13.5. The molecule has 6 nitrogen and oxygen atoms in total. The van der Waals surface area contributed by atoms with Crippen LogP contribution in [0.15, 0.2) is 52.1 Å². The first kappa shape index (κ1) is 18.4. The largest absolute Gasteiger partial charge is 0.344 e. The summed E-state index contributed by atoms with van der Waals surface area (Å²) in [5.74, 6) is -0.303. The summed E-state index contributed by atoms with van der Waals surface area (Å²) in [6.45, 7) is 6.85. The van der Waals surface area contributed by atoms with Crippen molar-refractivity contribution in [1.29, 1.82) is 5.41 Å². The highest BCUT2D eigenvalue weighted by Crippen LogP contribution is 2.30. The lowest BCUT2D eigenvalue weighted by Gasteiger charge is -2.20. The Balaban J connectivity index is 1.68. The summed E-state index contributed by atoms with van der Waals surface area (Å²) >= 11 is 1.35. The molecule has 0 saturated carbocycles. The van der Waals surface area contributed by atoms with Crippen molar-refractivity contribution < 1.29 is 4.79 Å². The molecule has 1 amide bonds. The number of thioether (sulfide) groups is 1. The van der Waals surface area contributed by atoms with Gasteiger partial charge in [0, 0.05) is 17.9 Å². The van der Waals surface area contributed by atoms with Gasteiger partial charge in [0.25, 0.3) is 5.91 Å². The van der Waals surface area contributed by atoms with Crippen LogP contribution in [0, 0.1) is 19.3 Å². The van der Waals surface area contributed by atoms with Crippen LogP contribution in [0.3, 0.4) is 0 Å². The zero-order chi connectivity index (χ0) is 19.8. The van der Waals surface area contributed by atoms with E-state index in [4.69, 9.17) is 5.41 Å². The second-order valence-electron chi connectivity index (χ2n) is 6.77. The number of hydrazone groups is 1. The van der Waals surface area contributed by atoms with Gasteiger partial charge in [-0.25, -0.2) is 0 Å². The lowest BCUT2D eigenvalue weighted by molar-refractivity contribution is -0.114. The minimum Gasteiger partial charge on any atom is -0.344 e. The Morgan fingerprint density at radius 3 is 2.68 bits per heavy atom. The second-order valence-corrected chi connectivity index (χ2v) is 7.81. The molecule has 0 radical (unpaired) electrons. The van der Waals surface area contributed by atoms with Crippen LogP contribution in [0.4, 0.5) is 0 Å². The number of rotatable bonds is 4. The van der Waals surface area contributed by atoms with E-state index in [-0.39, 0.29) is 17.3 Å². The second kappa shape index (κ2) is 7.24. The molecule has 142 valence electrons. The van der Waals surface area contributed by atoms with Crippen LogP contribution in [-0.4, -0.2) is 31.5 Å². The smallest absolute Gasteiger partial charge is 0.283 e. The van der Waals surface area contributed by atoms with Crippen LogP contribution in [-0.2, 0) is 11.3 Å². The van der Waals surface area contributed by atoms with Crippen LogP contribution in [0.25, 0.3) is 6.08 Å². The fourth-order valence-corrected chi connectivity index (χ4v) is 4.14. The summed E-state index contributed by atoms with van der Waals surface area (Å²) in [4.78, 5) is 16.7. The zero-order valence-electron chi connectivity index (χ0n) is 16.1. The molecule has 0 saturated heterocycles. The topological polar surface area (TPSA) is 73.8 Å². The van der Waals surface area contributed by atoms with Gasteiger partial charge in [0.05, 0.1) is 5.57 Å². The molecule has 0 unspecified atom stereocenters. The molecule has 2 aliphatic rings. The fraction of sp³-hybridized carbons (Fsp3) is 0.238. The number of nitrogens with one attached hydrogen (secondary N) is 1. The Hall–Kier alpha value is -2.93. The molecule has 0 fully saturated rings. The molecular formula is C21H21N5OS. The molecule has 7 heteroatoms. The number of amides is 1. The van der Waals surface area contributed by atoms with Crippen LogP contribution in [0.2, 0.25) is 0 Å². The third-order valence-electron chi connectivity index (χ3n) is 4.89. The average Bonchev–Trinajstić information content (AvgIpc) is 3.22. The van der Waals surface area contributed by atoms with Gasteiger partial charge >= 0.3 is 0 Å². The maximum atomic E-state index is 12.5. The van der Waals surface area contributed by atoms with Crippen LogP contribution in [0.1, 0.15) is 35.9 Å².